The lowest BCUT2D eigenvalue weighted by Gasteiger charge is -2.04. The summed E-state index contributed by atoms with van der Waals surface area (Å²) < 4.78 is 5.56. The lowest BCUT2D eigenvalue weighted by Crippen LogP contribution is -2.04. The van der Waals surface area contributed by atoms with Gasteiger partial charge in [-0.1, -0.05) is 0 Å². The molecule has 1 rings (SSSR count). The van der Waals surface area contributed by atoms with Crippen LogP contribution < -0.4 is 4.74 Å². The van der Waals surface area contributed by atoms with Crippen LogP contribution in [-0.4, -0.2) is 23.2 Å². The molecule has 0 amide bonds. The number of aromatic nitrogens is 1. The van der Waals surface area contributed by atoms with E-state index in [0.717, 1.165) is 0 Å². The molecule has 5 heteroatoms. The average Bonchev–Trinajstić information content (AvgIpc) is 2.03. The van der Waals surface area contributed by atoms with Gasteiger partial charge in [0.15, 0.2) is 0 Å². The van der Waals surface area contributed by atoms with Crippen LogP contribution in [0.5, 0.6) is 5.75 Å². The Morgan fingerprint density at radius 1 is 1.69 bits per heavy atom. The van der Waals surface area contributed by atoms with Crippen LogP contribution in [0.3, 0.4) is 0 Å². The van der Waals surface area contributed by atoms with Crippen LogP contribution in [0, 0.1) is 0 Å². The number of carboxylic acids is 1. The summed E-state index contributed by atoms with van der Waals surface area (Å²) in [7, 11) is 1.48. The summed E-state index contributed by atoms with van der Waals surface area (Å²) in [6, 6.07) is 3.37. The summed E-state index contributed by atoms with van der Waals surface area (Å²) in [5.41, 5.74) is 0.421. The van der Waals surface area contributed by atoms with Crippen LogP contribution in [0.4, 0.5) is 0 Å². The van der Waals surface area contributed by atoms with E-state index < -0.39 is 5.97 Å². The van der Waals surface area contributed by atoms with E-state index >= 15 is 0 Å². The zero-order valence-corrected chi connectivity index (χ0v) is 8.54. The van der Waals surface area contributed by atoms with E-state index in [0.29, 0.717) is 16.0 Å². The highest BCUT2D eigenvalue weighted by molar-refractivity contribution is 9.10. The van der Waals surface area contributed by atoms with E-state index in [1.807, 2.05) is 0 Å². The minimum Gasteiger partial charge on any atom is -0.495 e. The van der Waals surface area contributed by atoms with Crippen molar-refractivity contribution in [2.24, 2.45) is 0 Å². The number of carboxylic acid groups (broad SMARTS) is 1. The molecule has 0 bridgehead atoms. The van der Waals surface area contributed by atoms with Gasteiger partial charge in [0, 0.05) is 0 Å². The lowest BCUT2D eigenvalue weighted by atomic mass is 10.2. The number of pyridine rings is 1. The number of halogens is 1. The molecular formula is C8H8BrNO3. The first-order valence-electron chi connectivity index (χ1n) is 3.54. The molecule has 70 valence electrons. The molecule has 0 saturated carbocycles. The van der Waals surface area contributed by atoms with E-state index in [1.165, 1.54) is 7.11 Å². The van der Waals surface area contributed by atoms with Crippen molar-refractivity contribution >= 4 is 21.9 Å². The third-order valence-corrected chi connectivity index (χ3v) is 1.88. The summed E-state index contributed by atoms with van der Waals surface area (Å²) >= 11 is 3.16. The smallest absolute Gasteiger partial charge is 0.309 e. The zero-order valence-electron chi connectivity index (χ0n) is 6.95. The van der Waals surface area contributed by atoms with Crippen LogP contribution in [-0.2, 0) is 11.2 Å². The normalized spacial score (nSPS) is 9.69. The van der Waals surface area contributed by atoms with Gasteiger partial charge in [-0.05, 0) is 28.1 Å². The molecule has 0 atom stereocenters. The zero-order chi connectivity index (χ0) is 9.84. The summed E-state index contributed by atoms with van der Waals surface area (Å²) in [6.45, 7) is 0. The number of carbonyl (C=O) groups is 1. The van der Waals surface area contributed by atoms with Gasteiger partial charge in [0.1, 0.15) is 10.4 Å². The second kappa shape index (κ2) is 4.23. The van der Waals surface area contributed by atoms with Crippen LogP contribution in [0.1, 0.15) is 5.69 Å². The Balaban J connectivity index is 3.01. The van der Waals surface area contributed by atoms with E-state index in [1.54, 1.807) is 12.1 Å². The third-order valence-electron chi connectivity index (χ3n) is 1.44. The molecule has 0 aliphatic rings. The van der Waals surface area contributed by atoms with Gasteiger partial charge < -0.3 is 9.84 Å². The maximum absolute atomic E-state index is 10.4. The molecule has 0 radical (unpaired) electrons. The molecule has 0 spiro atoms. The topological polar surface area (TPSA) is 59.4 Å². The SMILES string of the molecule is COc1ccc(Br)nc1CC(=O)O. The van der Waals surface area contributed by atoms with Crippen molar-refractivity contribution < 1.29 is 14.6 Å². The Labute approximate surface area is 83.7 Å². The molecule has 1 aromatic heterocycles. The molecule has 0 aromatic carbocycles. The van der Waals surface area contributed by atoms with Crippen molar-refractivity contribution in [3.05, 3.63) is 22.4 Å². The summed E-state index contributed by atoms with van der Waals surface area (Å²) in [6.07, 6.45) is -0.136. The lowest BCUT2D eigenvalue weighted by molar-refractivity contribution is -0.136. The Morgan fingerprint density at radius 3 is 2.92 bits per heavy atom. The fourth-order valence-corrected chi connectivity index (χ4v) is 1.26. The van der Waals surface area contributed by atoms with Gasteiger partial charge in [0.25, 0.3) is 0 Å². The number of methoxy groups -OCH3 is 1. The molecule has 0 unspecified atom stereocenters. The van der Waals surface area contributed by atoms with Gasteiger partial charge in [-0.3, -0.25) is 4.79 Å². The maximum atomic E-state index is 10.4. The minimum absolute atomic E-state index is 0.136. The van der Waals surface area contributed by atoms with E-state index in [-0.39, 0.29) is 6.42 Å². The summed E-state index contributed by atoms with van der Waals surface area (Å²) in [5, 5.41) is 8.57. The van der Waals surface area contributed by atoms with Gasteiger partial charge in [-0.25, -0.2) is 4.98 Å². The van der Waals surface area contributed by atoms with Crippen molar-refractivity contribution in [2.45, 2.75) is 6.42 Å². The number of aliphatic carboxylic acids is 1. The van der Waals surface area contributed by atoms with Crippen LogP contribution in [0.25, 0.3) is 0 Å². The van der Waals surface area contributed by atoms with Crippen molar-refractivity contribution in [2.75, 3.05) is 7.11 Å². The standard InChI is InChI=1S/C8H8BrNO3/c1-13-6-2-3-7(9)10-5(6)4-8(11)12/h2-3H,4H2,1H3,(H,11,12). The minimum atomic E-state index is -0.927. The van der Waals surface area contributed by atoms with Crippen molar-refractivity contribution in [1.82, 2.24) is 4.98 Å². The van der Waals surface area contributed by atoms with Gasteiger partial charge in [0.2, 0.25) is 0 Å². The first kappa shape index (κ1) is 9.98. The van der Waals surface area contributed by atoms with E-state index in [2.05, 4.69) is 20.9 Å². The van der Waals surface area contributed by atoms with Gasteiger partial charge in [0.05, 0.1) is 19.2 Å². The third kappa shape index (κ3) is 2.69. The van der Waals surface area contributed by atoms with Crippen LogP contribution in [0.15, 0.2) is 16.7 Å². The predicted molar refractivity (Wildman–Crippen MR) is 49.8 cm³/mol. The second-order valence-electron chi connectivity index (χ2n) is 2.35. The fourth-order valence-electron chi connectivity index (χ4n) is 0.918. The van der Waals surface area contributed by atoms with Gasteiger partial charge in [-0.15, -0.1) is 0 Å². The first-order valence-corrected chi connectivity index (χ1v) is 4.34. The Kier molecular flexibility index (Phi) is 3.25. The van der Waals surface area contributed by atoms with Crippen molar-refractivity contribution in [3.63, 3.8) is 0 Å². The molecule has 1 aromatic rings. The number of rotatable bonds is 3. The number of hydrogen-bond donors (Lipinski definition) is 1. The van der Waals surface area contributed by atoms with Gasteiger partial charge in [-0.2, -0.15) is 0 Å². The predicted octanol–water partition coefficient (Wildman–Crippen LogP) is 1.48. The Bertz CT molecular complexity index is 327. The number of ether oxygens (including phenoxy) is 1. The highest BCUT2D eigenvalue weighted by Gasteiger charge is 2.09. The Hall–Kier alpha value is -1.10. The van der Waals surface area contributed by atoms with Gasteiger partial charge >= 0.3 is 5.97 Å². The molecule has 4 nitrogen and oxygen atoms in total. The quantitative estimate of drug-likeness (QED) is 0.820. The first-order chi connectivity index (χ1) is 6.13. The molecule has 0 fully saturated rings. The van der Waals surface area contributed by atoms with Crippen molar-refractivity contribution in [1.29, 1.82) is 0 Å². The largest absolute Gasteiger partial charge is 0.495 e. The molecule has 0 aliphatic heterocycles. The molecular weight excluding hydrogens is 238 g/mol. The van der Waals surface area contributed by atoms with Crippen LogP contribution >= 0.6 is 15.9 Å². The summed E-state index contributed by atoms with van der Waals surface area (Å²) in [5.74, 6) is -0.436. The van der Waals surface area contributed by atoms with E-state index in [9.17, 15) is 4.79 Å². The number of hydrogen-bond acceptors (Lipinski definition) is 3. The Morgan fingerprint density at radius 2 is 2.38 bits per heavy atom. The monoisotopic (exact) mass is 245 g/mol. The molecule has 0 aliphatic carbocycles. The fraction of sp³-hybridized carbons (Fsp3) is 0.250. The van der Waals surface area contributed by atoms with E-state index in [4.69, 9.17) is 9.84 Å². The van der Waals surface area contributed by atoms with Crippen molar-refractivity contribution in [3.8, 4) is 5.75 Å². The molecule has 13 heavy (non-hydrogen) atoms. The maximum Gasteiger partial charge on any atom is 0.309 e. The molecule has 1 N–H and O–H groups in total. The van der Waals surface area contributed by atoms with Crippen LogP contribution in [0.2, 0.25) is 0 Å². The molecule has 0 saturated heterocycles. The summed E-state index contributed by atoms with van der Waals surface area (Å²) in [4.78, 5) is 14.4. The molecule has 1 heterocycles. The highest BCUT2D eigenvalue weighted by Crippen LogP contribution is 2.19. The average molecular weight is 246 g/mol. The highest BCUT2D eigenvalue weighted by atomic mass is 79.9. The number of nitrogens with zero attached hydrogens (tertiary/aromatic N) is 1. The second-order valence-corrected chi connectivity index (χ2v) is 3.17.